The fourth-order valence-electron chi connectivity index (χ4n) is 3.08. The first-order chi connectivity index (χ1) is 10.2. The maximum atomic E-state index is 11.5. The molecule has 21 heavy (non-hydrogen) atoms. The number of nitrogens with zero attached hydrogens (tertiary/aromatic N) is 1. The van der Waals surface area contributed by atoms with E-state index in [0.717, 1.165) is 19.5 Å². The highest BCUT2D eigenvalue weighted by molar-refractivity contribution is 5.69. The fourth-order valence-corrected chi connectivity index (χ4v) is 3.08. The molecule has 1 saturated heterocycles. The van der Waals surface area contributed by atoms with Crippen LogP contribution in [0.15, 0.2) is 30.3 Å². The van der Waals surface area contributed by atoms with Crippen molar-refractivity contribution in [2.24, 2.45) is 5.92 Å². The van der Waals surface area contributed by atoms with E-state index < -0.39 is 0 Å². The zero-order valence-corrected chi connectivity index (χ0v) is 13.1. The summed E-state index contributed by atoms with van der Waals surface area (Å²) < 4.78 is 10.4. The second kappa shape index (κ2) is 7.57. The Labute approximate surface area is 127 Å². The van der Waals surface area contributed by atoms with Crippen LogP contribution < -0.4 is 0 Å². The molecule has 3 atom stereocenters. The zero-order chi connectivity index (χ0) is 15.2. The number of ether oxygens (including phenoxy) is 2. The molecule has 1 aliphatic rings. The molecule has 1 aromatic carbocycles. The van der Waals surface area contributed by atoms with E-state index in [1.165, 1.54) is 12.7 Å². The van der Waals surface area contributed by atoms with Crippen LogP contribution in [-0.2, 0) is 14.3 Å². The molecule has 1 heterocycles. The Hall–Kier alpha value is -1.39. The van der Waals surface area contributed by atoms with Gasteiger partial charge in [-0.15, -0.1) is 0 Å². The Bertz CT molecular complexity index is 449. The van der Waals surface area contributed by atoms with Crippen LogP contribution in [0.4, 0.5) is 0 Å². The highest BCUT2D eigenvalue weighted by Gasteiger charge is 2.33. The molecule has 0 N–H and O–H groups in total. The average Bonchev–Trinajstić information content (AvgIpc) is 2.55. The van der Waals surface area contributed by atoms with Gasteiger partial charge in [-0.3, -0.25) is 9.69 Å². The molecule has 0 aliphatic carbocycles. The molecule has 116 valence electrons. The Morgan fingerprint density at radius 2 is 2.05 bits per heavy atom. The summed E-state index contributed by atoms with van der Waals surface area (Å²) in [6.07, 6.45) is 1.50. The number of carbonyl (C=O) groups excluding carboxylic acids is 1. The lowest BCUT2D eigenvalue weighted by Gasteiger charge is -2.40. The van der Waals surface area contributed by atoms with Crippen LogP contribution in [0.2, 0.25) is 0 Å². The summed E-state index contributed by atoms with van der Waals surface area (Å²) in [7, 11) is 3.17. The standard InChI is InChI=1S/C17H25NO3/c1-13(14-7-5-4-6-8-14)18-10-9-15(11-17(19)21-3)16(12-18)20-2/h4-8,13,15-16H,9-12H2,1-3H3/t13-,15-,16-/m0/s1. The molecule has 1 fully saturated rings. The highest BCUT2D eigenvalue weighted by atomic mass is 16.5. The van der Waals surface area contributed by atoms with Gasteiger partial charge in [0, 0.05) is 19.7 Å². The third-order valence-corrected chi connectivity index (χ3v) is 4.52. The number of carbonyl (C=O) groups is 1. The van der Waals surface area contributed by atoms with Gasteiger partial charge < -0.3 is 9.47 Å². The van der Waals surface area contributed by atoms with Gasteiger partial charge in [-0.2, -0.15) is 0 Å². The maximum absolute atomic E-state index is 11.5. The van der Waals surface area contributed by atoms with Crippen molar-refractivity contribution >= 4 is 5.97 Å². The summed E-state index contributed by atoms with van der Waals surface area (Å²) in [6.45, 7) is 4.06. The number of benzene rings is 1. The van der Waals surface area contributed by atoms with E-state index in [2.05, 4.69) is 36.1 Å². The van der Waals surface area contributed by atoms with Crippen LogP contribution in [0.1, 0.15) is 31.4 Å². The van der Waals surface area contributed by atoms with Crippen molar-refractivity contribution in [3.8, 4) is 0 Å². The molecule has 2 rings (SSSR count). The molecule has 0 saturated carbocycles. The summed E-state index contributed by atoms with van der Waals surface area (Å²) in [4.78, 5) is 13.9. The van der Waals surface area contributed by atoms with Gasteiger partial charge in [0.15, 0.2) is 0 Å². The van der Waals surface area contributed by atoms with Gasteiger partial charge >= 0.3 is 5.97 Å². The fraction of sp³-hybridized carbons (Fsp3) is 0.588. The molecule has 0 spiro atoms. The minimum Gasteiger partial charge on any atom is -0.469 e. The monoisotopic (exact) mass is 291 g/mol. The van der Waals surface area contributed by atoms with Gasteiger partial charge in [0.2, 0.25) is 0 Å². The number of likely N-dealkylation sites (tertiary alicyclic amines) is 1. The summed E-state index contributed by atoms with van der Waals surface area (Å²) in [5.74, 6) is 0.105. The number of rotatable bonds is 5. The molecule has 0 unspecified atom stereocenters. The van der Waals surface area contributed by atoms with E-state index in [0.29, 0.717) is 12.5 Å². The van der Waals surface area contributed by atoms with Crippen LogP contribution in [0.5, 0.6) is 0 Å². The molecule has 4 nitrogen and oxygen atoms in total. The van der Waals surface area contributed by atoms with E-state index in [-0.39, 0.29) is 18.0 Å². The lowest BCUT2D eigenvalue weighted by atomic mass is 9.89. The molecule has 0 bridgehead atoms. The number of methoxy groups -OCH3 is 2. The SMILES string of the molecule is COC(=O)C[C@@H]1CCN([C@@H](C)c2ccccc2)C[C@@H]1OC. The molecule has 1 aliphatic heterocycles. The largest absolute Gasteiger partial charge is 0.469 e. The smallest absolute Gasteiger partial charge is 0.305 e. The van der Waals surface area contributed by atoms with Gasteiger partial charge in [-0.1, -0.05) is 30.3 Å². The third kappa shape index (κ3) is 4.05. The van der Waals surface area contributed by atoms with Gasteiger partial charge in [0.1, 0.15) is 0 Å². The van der Waals surface area contributed by atoms with Crippen molar-refractivity contribution in [1.29, 1.82) is 0 Å². The lowest BCUT2D eigenvalue weighted by molar-refractivity contribution is -0.144. The molecule has 0 amide bonds. The van der Waals surface area contributed by atoms with Crippen molar-refractivity contribution < 1.29 is 14.3 Å². The molecule has 0 radical (unpaired) electrons. The number of esters is 1. The Balaban J connectivity index is 1.99. The predicted molar refractivity (Wildman–Crippen MR) is 82.0 cm³/mol. The first kappa shape index (κ1) is 16.0. The summed E-state index contributed by atoms with van der Waals surface area (Å²) in [6, 6.07) is 10.9. The van der Waals surface area contributed by atoms with Crippen LogP contribution in [-0.4, -0.2) is 44.3 Å². The lowest BCUT2D eigenvalue weighted by Crippen LogP contribution is -2.46. The van der Waals surface area contributed by atoms with E-state index in [1.54, 1.807) is 7.11 Å². The Kier molecular flexibility index (Phi) is 5.76. The first-order valence-corrected chi connectivity index (χ1v) is 7.54. The van der Waals surface area contributed by atoms with Crippen molar-refractivity contribution in [2.45, 2.75) is 31.9 Å². The van der Waals surface area contributed by atoms with Crippen LogP contribution >= 0.6 is 0 Å². The molecule has 4 heteroatoms. The van der Waals surface area contributed by atoms with Crippen LogP contribution in [0, 0.1) is 5.92 Å². The van der Waals surface area contributed by atoms with Gasteiger partial charge in [0.25, 0.3) is 0 Å². The van der Waals surface area contributed by atoms with Crippen molar-refractivity contribution in [2.75, 3.05) is 27.3 Å². The van der Waals surface area contributed by atoms with E-state index in [9.17, 15) is 4.79 Å². The summed E-state index contributed by atoms with van der Waals surface area (Å²) in [5, 5.41) is 0. The summed E-state index contributed by atoms with van der Waals surface area (Å²) >= 11 is 0. The van der Waals surface area contributed by atoms with Crippen LogP contribution in [0.3, 0.4) is 0 Å². The van der Waals surface area contributed by atoms with Gasteiger partial charge in [-0.05, 0) is 31.4 Å². The zero-order valence-electron chi connectivity index (χ0n) is 13.1. The quantitative estimate of drug-likeness (QED) is 0.782. The molecular weight excluding hydrogens is 266 g/mol. The number of hydrogen-bond donors (Lipinski definition) is 0. The van der Waals surface area contributed by atoms with Crippen molar-refractivity contribution in [1.82, 2.24) is 4.90 Å². The minimum absolute atomic E-state index is 0.0870. The second-order valence-corrected chi connectivity index (χ2v) is 5.68. The number of piperidine rings is 1. The summed E-state index contributed by atoms with van der Waals surface area (Å²) in [5.41, 5.74) is 1.32. The normalized spacial score (nSPS) is 24.5. The highest BCUT2D eigenvalue weighted by Crippen LogP contribution is 2.29. The predicted octanol–water partition coefficient (Wildman–Crippen LogP) is 2.65. The topological polar surface area (TPSA) is 38.8 Å². The molecule has 1 aromatic rings. The van der Waals surface area contributed by atoms with Gasteiger partial charge in [-0.25, -0.2) is 0 Å². The van der Waals surface area contributed by atoms with Gasteiger partial charge in [0.05, 0.1) is 19.6 Å². The third-order valence-electron chi connectivity index (χ3n) is 4.52. The first-order valence-electron chi connectivity index (χ1n) is 7.54. The average molecular weight is 291 g/mol. The van der Waals surface area contributed by atoms with E-state index >= 15 is 0 Å². The maximum Gasteiger partial charge on any atom is 0.305 e. The molecule has 0 aromatic heterocycles. The van der Waals surface area contributed by atoms with E-state index in [1.807, 2.05) is 6.07 Å². The van der Waals surface area contributed by atoms with Crippen molar-refractivity contribution in [3.05, 3.63) is 35.9 Å². The van der Waals surface area contributed by atoms with E-state index in [4.69, 9.17) is 9.47 Å². The molecular formula is C17H25NO3. The number of hydrogen-bond acceptors (Lipinski definition) is 4. The second-order valence-electron chi connectivity index (χ2n) is 5.68. The Morgan fingerprint density at radius 3 is 2.67 bits per heavy atom. The van der Waals surface area contributed by atoms with Crippen LogP contribution in [0.25, 0.3) is 0 Å². The minimum atomic E-state index is -0.147. The Morgan fingerprint density at radius 1 is 1.33 bits per heavy atom. The van der Waals surface area contributed by atoms with Crippen molar-refractivity contribution in [3.63, 3.8) is 0 Å².